The lowest BCUT2D eigenvalue weighted by molar-refractivity contribution is -0.921. The fourth-order valence-corrected chi connectivity index (χ4v) is 3.10. The molecule has 1 aliphatic rings. The number of nitrogens with two attached hydrogens (primary N) is 1. The van der Waals surface area contributed by atoms with Crippen LogP contribution in [0.25, 0.3) is 0 Å². The van der Waals surface area contributed by atoms with E-state index in [9.17, 15) is 13.2 Å². The third-order valence-electron chi connectivity index (χ3n) is 4.11. The molecule has 0 spiro atoms. The van der Waals surface area contributed by atoms with Crippen molar-refractivity contribution in [1.29, 1.82) is 0 Å². The highest BCUT2D eigenvalue weighted by molar-refractivity contribution is 7.89. The number of sulfonamides is 1. The molecular weight excluding hydrogens is 318 g/mol. The van der Waals surface area contributed by atoms with Gasteiger partial charge in [0.1, 0.15) is 13.1 Å². The number of carbonyl (C=O) groups excluding carboxylic acids is 1. The summed E-state index contributed by atoms with van der Waals surface area (Å²) in [5, 5.41) is 7.98. The third kappa shape index (κ3) is 5.28. The Balaban J connectivity index is 1.78. The summed E-state index contributed by atoms with van der Waals surface area (Å²) in [5.74, 6) is 0.0306. The van der Waals surface area contributed by atoms with Gasteiger partial charge >= 0.3 is 0 Å². The first-order valence-corrected chi connectivity index (χ1v) is 9.24. The van der Waals surface area contributed by atoms with Crippen molar-refractivity contribution in [3.63, 3.8) is 0 Å². The van der Waals surface area contributed by atoms with E-state index in [4.69, 9.17) is 9.88 Å². The van der Waals surface area contributed by atoms with Crippen molar-refractivity contribution in [1.82, 2.24) is 5.32 Å². The van der Waals surface area contributed by atoms with Crippen LogP contribution in [0, 0.1) is 0 Å². The molecule has 8 heteroatoms. The Morgan fingerprint density at radius 2 is 1.91 bits per heavy atom. The van der Waals surface area contributed by atoms with Gasteiger partial charge in [-0.3, -0.25) is 4.79 Å². The Bertz CT molecular complexity index is 625. The van der Waals surface area contributed by atoms with Gasteiger partial charge in [-0.2, -0.15) is 0 Å². The molecule has 1 aliphatic heterocycles. The van der Waals surface area contributed by atoms with Gasteiger partial charge in [-0.05, 0) is 31.0 Å². The molecule has 0 saturated carbocycles. The van der Waals surface area contributed by atoms with Crippen LogP contribution in [0.15, 0.2) is 29.2 Å². The summed E-state index contributed by atoms with van der Waals surface area (Å²) in [6.45, 7) is 5.54. The Hall–Kier alpha value is -1.48. The highest BCUT2D eigenvalue weighted by Crippen LogP contribution is 2.08. The molecular formula is C15H24N3O4S+. The van der Waals surface area contributed by atoms with E-state index in [1.54, 1.807) is 12.1 Å². The average molecular weight is 342 g/mol. The van der Waals surface area contributed by atoms with Crippen molar-refractivity contribution in [3.8, 4) is 0 Å². The zero-order chi connectivity index (χ0) is 16.9. The first-order chi connectivity index (χ1) is 10.9. The SMILES string of the molecule is C[C@@H](C(=O)NCCc1ccc(S(N)(=O)=O)cc1)[NH+]1CCOCC1. The smallest absolute Gasteiger partial charge is 0.278 e. The van der Waals surface area contributed by atoms with Crippen molar-refractivity contribution >= 4 is 15.9 Å². The number of amides is 1. The van der Waals surface area contributed by atoms with Crippen molar-refractivity contribution in [2.45, 2.75) is 24.3 Å². The van der Waals surface area contributed by atoms with Crippen LogP contribution in [0.1, 0.15) is 12.5 Å². The number of morpholine rings is 1. The molecule has 1 fully saturated rings. The lowest BCUT2D eigenvalue weighted by atomic mass is 10.1. The average Bonchev–Trinajstić information content (AvgIpc) is 2.54. The zero-order valence-electron chi connectivity index (χ0n) is 13.2. The normalized spacial score (nSPS) is 17.7. The fourth-order valence-electron chi connectivity index (χ4n) is 2.58. The van der Waals surface area contributed by atoms with Gasteiger partial charge in [-0.15, -0.1) is 0 Å². The van der Waals surface area contributed by atoms with Crippen molar-refractivity contribution < 1.29 is 22.8 Å². The Morgan fingerprint density at radius 1 is 1.30 bits per heavy atom. The standard InChI is InChI=1S/C15H23N3O4S/c1-12(18-8-10-22-11-9-18)15(19)17-7-6-13-2-4-14(5-3-13)23(16,20)21/h2-5,12H,6-11H2,1H3,(H,17,19)(H2,16,20,21)/p+1/t12-/m0/s1. The number of rotatable bonds is 6. The summed E-state index contributed by atoms with van der Waals surface area (Å²) in [5.41, 5.74) is 0.948. The number of hydrogen-bond donors (Lipinski definition) is 3. The second-order valence-corrected chi connectivity index (χ2v) is 7.28. The third-order valence-corrected chi connectivity index (χ3v) is 5.03. The molecule has 1 amide bonds. The Morgan fingerprint density at radius 3 is 2.48 bits per heavy atom. The molecule has 23 heavy (non-hydrogen) atoms. The van der Waals surface area contributed by atoms with Crippen LogP contribution in [0.3, 0.4) is 0 Å². The molecule has 0 aromatic heterocycles. The maximum atomic E-state index is 12.1. The molecule has 7 nitrogen and oxygen atoms in total. The predicted octanol–water partition coefficient (Wildman–Crippen LogP) is -1.70. The Labute approximate surface area is 136 Å². The lowest BCUT2D eigenvalue weighted by Gasteiger charge is -2.28. The first kappa shape index (κ1) is 17.9. The number of benzene rings is 1. The molecule has 0 bridgehead atoms. The van der Waals surface area contributed by atoms with Crippen LogP contribution in [0.4, 0.5) is 0 Å². The van der Waals surface area contributed by atoms with Gasteiger partial charge in [-0.25, -0.2) is 13.6 Å². The summed E-state index contributed by atoms with van der Waals surface area (Å²) in [4.78, 5) is 13.5. The van der Waals surface area contributed by atoms with Gasteiger partial charge in [0.15, 0.2) is 6.04 Å². The molecule has 1 atom stereocenters. The van der Waals surface area contributed by atoms with E-state index in [1.807, 2.05) is 6.92 Å². The minimum absolute atomic E-state index is 0.0306. The molecule has 4 N–H and O–H groups in total. The second-order valence-electron chi connectivity index (χ2n) is 5.72. The molecule has 0 radical (unpaired) electrons. The van der Waals surface area contributed by atoms with Gasteiger partial charge in [0.05, 0.1) is 18.1 Å². The quantitative estimate of drug-likeness (QED) is 0.573. The number of primary sulfonamides is 1. The highest BCUT2D eigenvalue weighted by Gasteiger charge is 2.26. The van der Waals surface area contributed by atoms with Crippen LogP contribution < -0.4 is 15.4 Å². The molecule has 0 aliphatic carbocycles. The van der Waals surface area contributed by atoms with Crippen molar-refractivity contribution in [3.05, 3.63) is 29.8 Å². The number of carbonyl (C=O) groups is 1. The van der Waals surface area contributed by atoms with Gasteiger partial charge in [0.2, 0.25) is 10.0 Å². The first-order valence-electron chi connectivity index (χ1n) is 7.69. The number of quaternary nitrogens is 1. The maximum absolute atomic E-state index is 12.1. The monoisotopic (exact) mass is 342 g/mol. The summed E-state index contributed by atoms with van der Waals surface area (Å²) < 4.78 is 27.7. The highest BCUT2D eigenvalue weighted by atomic mass is 32.2. The van der Waals surface area contributed by atoms with E-state index < -0.39 is 10.0 Å². The van der Waals surface area contributed by atoms with Gasteiger partial charge in [0, 0.05) is 6.54 Å². The van der Waals surface area contributed by atoms with E-state index in [0.29, 0.717) is 26.2 Å². The minimum atomic E-state index is -3.66. The molecule has 1 saturated heterocycles. The maximum Gasteiger partial charge on any atom is 0.278 e. The number of ether oxygens (including phenoxy) is 1. The van der Waals surface area contributed by atoms with Crippen LogP contribution in [0.2, 0.25) is 0 Å². The van der Waals surface area contributed by atoms with Crippen LogP contribution in [-0.2, 0) is 26.0 Å². The molecule has 128 valence electrons. The van der Waals surface area contributed by atoms with E-state index in [-0.39, 0.29) is 16.8 Å². The molecule has 1 aromatic carbocycles. The molecule has 2 rings (SSSR count). The summed E-state index contributed by atoms with van der Waals surface area (Å²) in [7, 11) is -3.66. The van der Waals surface area contributed by atoms with E-state index in [2.05, 4.69) is 5.32 Å². The van der Waals surface area contributed by atoms with E-state index >= 15 is 0 Å². The molecule has 1 aromatic rings. The van der Waals surface area contributed by atoms with Crippen LogP contribution in [-0.4, -0.2) is 53.2 Å². The number of hydrogen-bond acceptors (Lipinski definition) is 4. The minimum Gasteiger partial charge on any atom is -0.370 e. The Kier molecular flexibility index (Phi) is 6.11. The largest absolute Gasteiger partial charge is 0.370 e. The second kappa shape index (κ2) is 7.87. The van der Waals surface area contributed by atoms with Gasteiger partial charge in [-0.1, -0.05) is 12.1 Å². The van der Waals surface area contributed by atoms with Crippen molar-refractivity contribution in [2.75, 3.05) is 32.8 Å². The zero-order valence-corrected chi connectivity index (χ0v) is 14.1. The van der Waals surface area contributed by atoms with E-state index in [1.165, 1.54) is 17.0 Å². The fraction of sp³-hybridized carbons (Fsp3) is 0.533. The molecule has 1 heterocycles. The molecule has 0 unspecified atom stereocenters. The van der Waals surface area contributed by atoms with Crippen LogP contribution in [0.5, 0.6) is 0 Å². The summed E-state index contributed by atoms with van der Waals surface area (Å²) in [6, 6.07) is 6.29. The van der Waals surface area contributed by atoms with Gasteiger partial charge < -0.3 is 15.0 Å². The summed E-state index contributed by atoms with van der Waals surface area (Å²) in [6.07, 6.45) is 0.641. The lowest BCUT2D eigenvalue weighted by Crippen LogP contribution is -3.18. The summed E-state index contributed by atoms with van der Waals surface area (Å²) >= 11 is 0. The topological polar surface area (TPSA) is 103 Å². The number of nitrogens with one attached hydrogen (secondary N) is 2. The predicted molar refractivity (Wildman–Crippen MR) is 85.5 cm³/mol. The van der Waals surface area contributed by atoms with Gasteiger partial charge in [0.25, 0.3) is 5.91 Å². The van der Waals surface area contributed by atoms with Crippen LogP contribution >= 0.6 is 0 Å². The van der Waals surface area contributed by atoms with E-state index in [0.717, 1.165) is 18.7 Å². The van der Waals surface area contributed by atoms with Crippen molar-refractivity contribution in [2.24, 2.45) is 5.14 Å².